The number of aryl methyl sites for hydroxylation is 2. The van der Waals surface area contributed by atoms with E-state index in [1.165, 1.54) is 30.3 Å². The van der Waals surface area contributed by atoms with Crippen molar-refractivity contribution in [3.63, 3.8) is 0 Å². The van der Waals surface area contributed by atoms with E-state index in [0.29, 0.717) is 28.6 Å². The molecule has 0 radical (unpaired) electrons. The van der Waals surface area contributed by atoms with Gasteiger partial charge < -0.3 is 9.47 Å². The number of non-ortho nitro benzene ring substituents is 1. The number of barbiturate groups is 1. The summed E-state index contributed by atoms with van der Waals surface area (Å²) < 4.78 is 11.7. The lowest BCUT2D eigenvalue weighted by Gasteiger charge is -2.26. The fourth-order valence-corrected chi connectivity index (χ4v) is 4.20. The lowest BCUT2D eigenvalue weighted by Crippen LogP contribution is -2.54. The molecule has 3 aromatic carbocycles. The number of ether oxygens (including phenoxy) is 2. The first-order chi connectivity index (χ1) is 18.6. The maximum atomic E-state index is 13.2. The van der Waals surface area contributed by atoms with Crippen LogP contribution in [-0.4, -0.2) is 29.4 Å². The average Bonchev–Trinajstić information content (AvgIpc) is 2.88. The minimum absolute atomic E-state index is 0.0618. The van der Waals surface area contributed by atoms with Gasteiger partial charge in [0.25, 0.3) is 17.5 Å². The molecule has 0 saturated carbocycles. The molecule has 0 unspecified atom stereocenters. The van der Waals surface area contributed by atoms with Gasteiger partial charge in [0, 0.05) is 12.1 Å². The van der Waals surface area contributed by atoms with Gasteiger partial charge in [0.1, 0.15) is 12.2 Å². The minimum Gasteiger partial charge on any atom is -0.490 e. The Kier molecular flexibility index (Phi) is 7.96. The number of imide groups is 2. The third-order valence-corrected chi connectivity index (χ3v) is 6.28. The van der Waals surface area contributed by atoms with Gasteiger partial charge >= 0.3 is 6.03 Å². The van der Waals surface area contributed by atoms with Crippen molar-refractivity contribution in [2.75, 3.05) is 11.5 Å². The van der Waals surface area contributed by atoms with Gasteiger partial charge in [-0.3, -0.25) is 25.0 Å². The zero-order chi connectivity index (χ0) is 28.3. The molecule has 4 rings (SSSR count). The number of halogens is 1. The summed E-state index contributed by atoms with van der Waals surface area (Å²) in [5.74, 6) is -1.27. The normalized spacial score (nSPS) is 14.4. The summed E-state index contributed by atoms with van der Waals surface area (Å²) in [5, 5.41) is 13.4. The molecule has 10 nitrogen and oxygen atoms in total. The van der Waals surface area contributed by atoms with Gasteiger partial charge in [-0.2, -0.15) is 0 Å². The number of nitrogens with zero attached hydrogens (tertiary/aromatic N) is 2. The van der Waals surface area contributed by atoms with E-state index in [-0.39, 0.29) is 28.6 Å². The SMILES string of the molecule is CCOc1cc(/C=C2\C(=O)NC(=O)N(c3cccc([N+](=O)[O-])c3)C2=O)cc(Cl)c1OCc1ccc(C)c(C)c1. The zero-order valence-corrected chi connectivity index (χ0v) is 22.1. The Morgan fingerprint density at radius 1 is 1.03 bits per heavy atom. The molecule has 1 N–H and O–H groups in total. The summed E-state index contributed by atoms with van der Waals surface area (Å²) in [6, 6.07) is 13.0. The number of carbonyl (C=O) groups excluding carboxylic acids is 3. The molecule has 4 amide bonds. The number of rotatable bonds is 8. The monoisotopic (exact) mass is 549 g/mol. The van der Waals surface area contributed by atoms with Crippen molar-refractivity contribution < 1.29 is 28.8 Å². The number of nitro benzene ring substituents is 1. The van der Waals surface area contributed by atoms with Crippen molar-refractivity contribution in [2.45, 2.75) is 27.4 Å². The van der Waals surface area contributed by atoms with E-state index in [0.717, 1.165) is 22.8 Å². The first kappa shape index (κ1) is 27.3. The van der Waals surface area contributed by atoms with Crippen molar-refractivity contribution in [3.05, 3.63) is 97.6 Å². The highest BCUT2D eigenvalue weighted by Gasteiger charge is 2.37. The van der Waals surface area contributed by atoms with E-state index in [2.05, 4.69) is 5.32 Å². The van der Waals surface area contributed by atoms with E-state index >= 15 is 0 Å². The van der Waals surface area contributed by atoms with Gasteiger partial charge in [-0.05, 0) is 67.3 Å². The Balaban J connectivity index is 1.66. The number of carbonyl (C=O) groups is 3. The molecule has 39 heavy (non-hydrogen) atoms. The number of hydrogen-bond donors (Lipinski definition) is 1. The summed E-state index contributed by atoms with van der Waals surface area (Å²) >= 11 is 6.53. The van der Waals surface area contributed by atoms with Crippen molar-refractivity contribution in [1.82, 2.24) is 5.32 Å². The van der Waals surface area contributed by atoms with Crippen LogP contribution in [0.1, 0.15) is 29.2 Å². The molecular formula is C28H24ClN3O7. The summed E-state index contributed by atoms with van der Waals surface area (Å²) in [6.45, 7) is 6.35. The van der Waals surface area contributed by atoms with Gasteiger partial charge in [0.2, 0.25) is 0 Å². The largest absolute Gasteiger partial charge is 0.490 e. The van der Waals surface area contributed by atoms with Gasteiger partial charge in [-0.25, -0.2) is 9.69 Å². The van der Waals surface area contributed by atoms with Crippen LogP contribution in [0.15, 0.2) is 60.2 Å². The molecule has 1 aliphatic rings. The highest BCUT2D eigenvalue weighted by molar-refractivity contribution is 6.39. The summed E-state index contributed by atoms with van der Waals surface area (Å²) in [5.41, 5.74) is 2.82. The maximum Gasteiger partial charge on any atom is 0.335 e. The highest BCUT2D eigenvalue weighted by Crippen LogP contribution is 2.38. The second-order valence-electron chi connectivity index (χ2n) is 8.71. The van der Waals surface area contributed by atoms with Crippen molar-refractivity contribution >= 4 is 46.9 Å². The predicted molar refractivity (Wildman–Crippen MR) is 145 cm³/mol. The maximum absolute atomic E-state index is 13.2. The Bertz CT molecular complexity index is 1530. The van der Waals surface area contributed by atoms with Crippen LogP contribution in [0.25, 0.3) is 6.08 Å². The Morgan fingerprint density at radius 3 is 2.49 bits per heavy atom. The number of nitro groups is 1. The number of urea groups is 1. The molecule has 1 saturated heterocycles. The molecule has 1 aliphatic heterocycles. The van der Waals surface area contributed by atoms with E-state index in [4.69, 9.17) is 21.1 Å². The van der Waals surface area contributed by atoms with Crippen LogP contribution < -0.4 is 19.7 Å². The smallest absolute Gasteiger partial charge is 0.335 e. The number of anilines is 1. The van der Waals surface area contributed by atoms with Crippen molar-refractivity contribution in [1.29, 1.82) is 0 Å². The van der Waals surface area contributed by atoms with Gasteiger partial charge in [0.05, 0.1) is 22.2 Å². The molecule has 11 heteroatoms. The van der Waals surface area contributed by atoms with E-state index in [9.17, 15) is 24.5 Å². The number of amides is 4. The first-order valence-electron chi connectivity index (χ1n) is 11.9. The molecule has 0 aromatic heterocycles. The molecule has 200 valence electrons. The van der Waals surface area contributed by atoms with Crippen LogP contribution in [0, 0.1) is 24.0 Å². The zero-order valence-electron chi connectivity index (χ0n) is 21.3. The number of benzene rings is 3. The molecule has 0 aliphatic carbocycles. The average molecular weight is 550 g/mol. The quantitative estimate of drug-likeness (QED) is 0.170. The Hall–Kier alpha value is -4.70. The van der Waals surface area contributed by atoms with Crippen molar-refractivity contribution in [3.8, 4) is 11.5 Å². The number of nitrogens with one attached hydrogen (secondary N) is 1. The molecule has 3 aromatic rings. The Labute approximate surface area is 228 Å². The van der Waals surface area contributed by atoms with Crippen LogP contribution >= 0.6 is 11.6 Å². The van der Waals surface area contributed by atoms with Crippen LogP contribution in [-0.2, 0) is 16.2 Å². The van der Waals surface area contributed by atoms with E-state index in [1.54, 1.807) is 13.0 Å². The third kappa shape index (κ3) is 5.91. The lowest BCUT2D eigenvalue weighted by atomic mass is 10.1. The second-order valence-corrected chi connectivity index (χ2v) is 9.11. The van der Waals surface area contributed by atoms with Crippen LogP contribution in [0.2, 0.25) is 5.02 Å². The van der Waals surface area contributed by atoms with Crippen LogP contribution in [0.3, 0.4) is 0 Å². The highest BCUT2D eigenvalue weighted by atomic mass is 35.5. The molecule has 1 heterocycles. The fourth-order valence-electron chi connectivity index (χ4n) is 3.93. The molecular weight excluding hydrogens is 526 g/mol. The van der Waals surface area contributed by atoms with Crippen molar-refractivity contribution in [2.24, 2.45) is 0 Å². The standard InChI is InChI=1S/C28H24ClN3O7/c1-4-38-24-13-19(12-23(29)25(24)39-15-18-9-8-16(2)17(3)10-18)11-22-26(33)30-28(35)31(27(22)34)20-6-5-7-21(14-20)32(36)37/h5-14H,4,15H2,1-3H3,(H,30,33,35)/b22-11+. The summed E-state index contributed by atoms with van der Waals surface area (Å²) in [4.78, 5) is 49.5. The fraction of sp³-hybridized carbons (Fsp3) is 0.179. The van der Waals surface area contributed by atoms with Gasteiger partial charge in [0.15, 0.2) is 11.5 Å². The molecule has 1 fully saturated rings. The van der Waals surface area contributed by atoms with E-state index < -0.39 is 22.8 Å². The molecule has 0 spiro atoms. The van der Waals surface area contributed by atoms with Gasteiger partial charge in [-0.15, -0.1) is 0 Å². The van der Waals surface area contributed by atoms with Crippen LogP contribution in [0.4, 0.5) is 16.2 Å². The second kappa shape index (κ2) is 11.4. The third-order valence-electron chi connectivity index (χ3n) is 6.00. The number of hydrogen-bond acceptors (Lipinski definition) is 7. The first-order valence-corrected chi connectivity index (χ1v) is 12.3. The summed E-state index contributed by atoms with van der Waals surface area (Å²) in [7, 11) is 0. The Morgan fingerprint density at radius 2 is 1.79 bits per heavy atom. The minimum atomic E-state index is -1.02. The molecule has 0 atom stereocenters. The van der Waals surface area contributed by atoms with E-state index in [1.807, 2.05) is 32.0 Å². The lowest BCUT2D eigenvalue weighted by molar-refractivity contribution is -0.384. The van der Waals surface area contributed by atoms with Crippen LogP contribution in [0.5, 0.6) is 11.5 Å². The molecule has 0 bridgehead atoms. The summed E-state index contributed by atoms with van der Waals surface area (Å²) in [6.07, 6.45) is 1.26. The predicted octanol–water partition coefficient (Wildman–Crippen LogP) is 5.51. The topological polar surface area (TPSA) is 128 Å². The van der Waals surface area contributed by atoms with Gasteiger partial charge in [-0.1, -0.05) is 35.9 Å².